The molecule has 3 rings (SSSR count). The fourth-order valence-electron chi connectivity index (χ4n) is 2.65. The number of rotatable bonds is 6. The lowest BCUT2D eigenvalue weighted by atomic mass is 10.1. The fourth-order valence-corrected chi connectivity index (χ4v) is 4.40. The number of ether oxygens (including phenoxy) is 1. The van der Waals surface area contributed by atoms with Gasteiger partial charge in [-0.05, 0) is 41.8 Å². The number of sulfone groups is 1. The molecule has 26 heavy (non-hydrogen) atoms. The van der Waals surface area contributed by atoms with Crippen LogP contribution in [-0.4, -0.2) is 32.0 Å². The standard InChI is InChI=1S/C19H20N2O4S/c22-19(17-10-11-26(23,24)14-17)21-20-12-15-6-8-18(9-7-15)25-13-16-4-2-1-3-5-16/h1-9,12,17H,10-11,13-14H2,(H,21,22)/b20-12-/t17-/m0/s1. The summed E-state index contributed by atoms with van der Waals surface area (Å²) in [6, 6.07) is 17.2. The normalized spacial score (nSPS) is 18.7. The molecule has 1 heterocycles. The number of amides is 1. The van der Waals surface area contributed by atoms with Gasteiger partial charge in [-0.15, -0.1) is 0 Å². The molecule has 1 aliphatic heterocycles. The Hall–Kier alpha value is -2.67. The summed E-state index contributed by atoms with van der Waals surface area (Å²) in [4.78, 5) is 11.9. The van der Waals surface area contributed by atoms with Gasteiger partial charge in [-0.2, -0.15) is 5.10 Å². The Kier molecular flexibility index (Phi) is 5.68. The molecule has 1 atom stereocenters. The van der Waals surface area contributed by atoms with Crippen LogP contribution < -0.4 is 10.2 Å². The van der Waals surface area contributed by atoms with Crippen LogP contribution in [0.1, 0.15) is 17.5 Å². The van der Waals surface area contributed by atoms with Crippen LogP contribution in [0, 0.1) is 5.92 Å². The van der Waals surface area contributed by atoms with Gasteiger partial charge < -0.3 is 4.74 Å². The molecular weight excluding hydrogens is 352 g/mol. The van der Waals surface area contributed by atoms with Crippen LogP contribution in [0.5, 0.6) is 5.75 Å². The van der Waals surface area contributed by atoms with E-state index in [-0.39, 0.29) is 17.4 Å². The van der Waals surface area contributed by atoms with E-state index in [0.717, 1.165) is 16.9 Å². The molecule has 0 unspecified atom stereocenters. The van der Waals surface area contributed by atoms with Crippen molar-refractivity contribution in [2.75, 3.05) is 11.5 Å². The average molecular weight is 372 g/mol. The van der Waals surface area contributed by atoms with E-state index in [9.17, 15) is 13.2 Å². The third-order valence-corrected chi connectivity index (χ3v) is 5.89. The first kappa shape index (κ1) is 18.1. The highest BCUT2D eigenvalue weighted by Crippen LogP contribution is 2.18. The molecule has 1 N–H and O–H groups in total. The molecule has 1 amide bonds. The van der Waals surface area contributed by atoms with Crippen molar-refractivity contribution in [3.8, 4) is 5.75 Å². The molecule has 2 aromatic carbocycles. The molecule has 1 fully saturated rings. The molecule has 0 bridgehead atoms. The summed E-state index contributed by atoms with van der Waals surface area (Å²) in [6.45, 7) is 0.495. The summed E-state index contributed by atoms with van der Waals surface area (Å²) in [7, 11) is -3.07. The van der Waals surface area contributed by atoms with Gasteiger partial charge in [0.15, 0.2) is 9.84 Å². The zero-order valence-corrected chi connectivity index (χ0v) is 15.0. The maximum absolute atomic E-state index is 11.9. The number of hydrogen-bond acceptors (Lipinski definition) is 5. The van der Waals surface area contributed by atoms with Gasteiger partial charge in [0, 0.05) is 0 Å². The molecule has 0 spiro atoms. The predicted octanol–water partition coefficient (Wildman–Crippen LogP) is 2.15. The minimum absolute atomic E-state index is 0.0687. The molecule has 1 aliphatic rings. The zero-order valence-electron chi connectivity index (χ0n) is 14.2. The number of nitrogens with one attached hydrogen (secondary N) is 1. The van der Waals surface area contributed by atoms with Crippen molar-refractivity contribution in [1.29, 1.82) is 0 Å². The predicted molar refractivity (Wildman–Crippen MR) is 99.7 cm³/mol. The van der Waals surface area contributed by atoms with Crippen LogP contribution in [0.25, 0.3) is 0 Å². The lowest BCUT2D eigenvalue weighted by molar-refractivity contribution is -0.124. The molecule has 6 nitrogen and oxygen atoms in total. The van der Waals surface area contributed by atoms with Crippen LogP contribution >= 0.6 is 0 Å². The van der Waals surface area contributed by atoms with Crippen molar-refractivity contribution < 1.29 is 17.9 Å². The first-order valence-corrected chi connectivity index (χ1v) is 10.1. The first-order chi connectivity index (χ1) is 12.5. The summed E-state index contributed by atoms with van der Waals surface area (Å²) < 4.78 is 28.5. The average Bonchev–Trinajstić information content (AvgIpc) is 3.02. The third kappa shape index (κ3) is 5.16. The maximum atomic E-state index is 11.9. The van der Waals surface area contributed by atoms with E-state index in [0.29, 0.717) is 13.0 Å². The van der Waals surface area contributed by atoms with Gasteiger partial charge in [0.2, 0.25) is 5.91 Å². The van der Waals surface area contributed by atoms with E-state index in [1.807, 2.05) is 54.6 Å². The molecule has 0 radical (unpaired) electrons. The third-order valence-electron chi connectivity index (χ3n) is 4.12. The van der Waals surface area contributed by atoms with Gasteiger partial charge in [-0.25, -0.2) is 13.8 Å². The van der Waals surface area contributed by atoms with E-state index in [1.54, 1.807) is 0 Å². The van der Waals surface area contributed by atoms with Crippen molar-refractivity contribution in [3.63, 3.8) is 0 Å². The summed E-state index contributed by atoms with van der Waals surface area (Å²) in [5.41, 5.74) is 4.30. The van der Waals surface area contributed by atoms with Crippen LogP contribution in [0.3, 0.4) is 0 Å². The van der Waals surface area contributed by atoms with Crippen molar-refractivity contribution in [1.82, 2.24) is 5.43 Å². The number of nitrogens with zero attached hydrogens (tertiary/aromatic N) is 1. The molecule has 0 aliphatic carbocycles. The van der Waals surface area contributed by atoms with Gasteiger partial charge >= 0.3 is 0 Å². The second-order valence-electron chi connectivity index (χ2n) is 6.18. The second kappa shape index (κ2) is 8.14. The van der Waals surface area contributed by atoms with Crippen molar-refractivity contribution in [3.05, 3.63) is 65.7 Å². The first-order valence-electron chi connectivity index (χ1n) is 8.32. The van der Waals surface area contributed by atoms with E-state index < -0.39 is 15.8 Å². The monoisotopic (exact) mass is 372 g/mol. The van der Waals surface area contributed by atoms with Crippen molar-refractivity contribution >= 4 is 22.0 Å². The molecule has 0 saturated carbocycles. The van der Waals surface area contributed by atoms with E-state index in [1.165, 1.54) is 6.21 Å². The Balaban J connectivity index is 1.48. The smallest absolute Gasteiger partial charge is 0.244 e. The molecule has 0 aromatic heterocycles. The lowest BCUT2D eigenvalue weighted by Crippen LogP contribution is -2.27. The minimum atomic E-state index is -3.07. The van der Waals surface area contributed by atoms with Gasteiger partial charge in [0.05, 0.1) is 23.6 Å². The SMILES string of the molecule is O=C(N/N=C\c1ccc(OCc2ccccc2)cc1)[C@H]1CCS(=O)(=O)C1. The summed E-state index contributed by atoms with van der Waals surface area (Å²) in [5, 5.41) is 3.90. The number of hydrogen-bond donors (Lipinski definition) is 1. The minimum Gasteiger partial charge on any atom is -0.489 e. The quantitative estimate of drug-likeness (QED) is 0.622. The highest BCUT2D eigenvalue weighted by atomic mass is 32.2. The van der Waals surface area contributed by atoms with E-state index in [2.05, 4.69) is 10.5 Å². The Morgan fingerprint density at radius 1 is 1.15 bits per heavy atom. The maximum Gasteiger partial charge on any atom is 0.244 e. The van der Waals surface area contributed by atoms with Gasteiger partial charge in [0.1, 0.15) is 12.4 Å². The topological polar surface area (TPSA) is 84.8 Å². The highest BCUT2D eigenvalue weighted by Gasteiger charge is 2.32. The largest absolute Gasteiger partial charge is 0.489 e. The Labute approximate surface area is 152 Å². The summed E-state index contributed by atoms with van der Waals surface area (Å²) in [5.74, 6) is -0.150. The molecular formula is C19H20N2O4S. The van der Waals surface area contributed by atoms with Crippen molar-refractivity contribution in [2.24, 2.45) is 11.0 Å². The number of carbonyl (C=O) groups excluding carboxylic acids is 1. The number of hydrazone groups is 1. The zero-order chi connectivity index (χ0) is 18.4. The highest BCUT2D eigenvalue weighted by molar-refractivity contribution is 7.91. The number of benzene rings is 2. The molecule has 136 valence electrons. The fraction of sp³-hybridized carbons (Fsp3) is 0.263. The van der Waals surface area contributed by atoms with Gasteiger partial charge in [0.25, 0.3) is 0 Å². The second-order valence-corrected chi connectivity index (χ2v) is 8.41. The molecule has 2 aromatic rings. The van der Waals surface area contributed by atoms with Crippen LogP contribution in [0.15, 0.2) is 59.7 Å². The van der Waals surface area contributed by atoms with E-state index >= 15 is 0 Å². The Bertz CT molecular complexity index is 878. The number of carbonyl (C=O) groups is 1. The van der Waals surface area contributed by atoms with Gasteiger partial charge in [-0.1, -0.05) is 30.3 Å². The summed E-state index contributed by atoms with van der Waals surface area (Å²) in [6.07, 6.45) is 1.87. The van der Waals surface area contributed by atoms with Crippen LogP contribution in [0.2, 0.25) is 0 Å². The van der Waals surface area contributed by atoms with Crippen LogP contribution in [-0.2, 0) is 21.2 Å². The lowest BCUT2D eigenvalue weighted by Gasteiger charge is -2.06. The van der Waals surface area contributed by atoms with E-state index in [4.69, 9.17) is 4.74 Å². The van der Waals surface area contributed by atoms with Crippen LogP contribution in [0.4, 0.5) is 0 Å². The molecule has 1 saturated heterocycles. The molecule has 7 heteroatoms. The Morgan fingerprint density at radius 3 is 2.54 bits per heavy atom. The van der Waals surface area contributed by atoms with Crippen molar-refractivity contribution in [2.45, 2.75) is 13.0 Å². The Morgan fingerprint density at radius 2 is 1.88 bits per heavy atom. The summed E-state index contributed by atoms with van der Waals surface area (Å²) >= 11 is 0. The van der Waals surface area contributed by atoms with Gasteiger partial charge in [-0.3, -0.25) is 4.79 Å².